The van der Waals surface area contributed by atoms with Crippen LogP contribution < -0.4 is 5.32 Å². The van der Waals surface area contributed by atoms with Gasteiger partial charge in [0.25, 0.3) is 15.9 Å². The molecule has 1 N–H and O–H groups in total. The zero-order chi connectivity index (χ0) is 21.3. The molecule has 154 valence electrons. The molecule has 0 bridgehead atoms. The number of rotatable bonds is 6. The average molecular weight is 414 g/mol. The maximum Gasteiger partial charge on any atom is 0.256 e. The van der Waals surface area contributed by atoms with Crippen molar-refractivity contribution in [2.45, 2.75) is 52.3 Å². The highest BCUT2D eigenvalue weighted by Crippen LogP contribution is 2.29. The van der Waals surface area contributed by atoms with Gasteiger partial charge in [0.05, 0.1) is 17.0 Å². The van der Waals surface area contributed by atoms with Crippen molar-refractivity contribution in [2.24, 2.45) is 0 Å². The van der Waals surface area contributed by atoms with Crippen LogP contribution in [0.4, 0.5) is 0 Å². The summed E-state index contributed by atoms with van der Waals surface area (Å²) in [6.07, 6.45) is 2.43. The lowest BCUT2D eigenvalue weighted by atomic mass is 9.97. The maximum atomic E-state index is 12.5. The number of hydrogen-bond donors (Lipinski definition) is 1. The van der Waals surface area contributed by atoms with E-state index >= 15 is 0 Å². The number of nitrogens with zero attached hydrogens (tertiary/aromatic N) is 2. The molecule has 3 aromatic rings. The van der Waals surface area contributed by atoms with Crippen LogP contribution in [0.1, 0.15) is 50.0 Å². The van der Waals surface area contributed by atoms with E-state index in [1.165, 1.54) is 0 Å². The van der Waals surface area contributed by atoms with E-state index in [0.717, 1.165) is 32.6 Å². The largest absolute Gasteiger partial charge is 0.350 e. The average Bonchev–Trinajstić information content (AvgIpc) is 3.11. The summed E-state index contributed by atoms with van der Waals surface area (Å²) in [6.45, 7) is 9.26. The first-order valence-electron chi connectivity index (χ1n) is 9.79. The Hall–Kier alpha value is -2.67. The van der Waals surface area contributed by atoms with Crippen molar-refractivity contribution in [2.75, 3.05) is 0 Å². The smallest absolute Gasteiger partial charge is 0.256 e. The minimum Gasteiger partial charge on any atom is -0.350 e. The van der Waals surface area contributed by atoms with Crippen molar-refractivity contribution in [3.63, 3.8) is 0 Å². The van der Waals surface area contributed by atoms with Crippen LogP contribution in [-0.2, 0) is 10.0 Å². The molecule has 0 aliphatic carbocycles. The number of hydrogen-bond acceptors (Lipinski definition) is 4. The quantitative estimate of drug-likeness (QED) is 0.659. The third-order valence-electron chi connectivity index (χ3n) is 5.17. The fraction of sp³-hybridized carbons (Fsp3) is 0.364. The molecule has 2 aromatic carbocycles. The molecule has 0 saturated heterocycles. The molecule has 0 radical (unpaired) electrons. The van der Waals surface area contributed by atoms with Gasteiger partial charge in [-0.25, -0.2) is 8.42 Å². The molecular weight excluding hydrogens is 386 g/mol. The van der Waals surface area contributed by atoms with Crippen LogP contribution in [0.3, 0.4) is 0 Å². The molecule has 1 heterocycles. The molecular formula is C22H27N3O3S. The Bertz CT molecular complexity index is 1160. The number of aryl methyl sites for hydroxylation is 1. The van der Waals surface area contributed by atoms with Gasteiger partial charge >= 0.3 is 0 Å². The monoisotopic (exact) mass is 413 g/mol. The summed E-state index contributed by atoms with van der Waals surface area (Å²) in [5.41, 5.74) is 4.03. The van der Waals surface area contributed by atoms with Gasteiger partial charge < -0.3 is 5.32 Å². The molecule has 0 spiro atoms. The molecule has 1 amide bonds. The van der Waals surface area contributed by atoms with Crippen LogP contribution in [0, 0.1) is 6.92 Å². The summed E-state index contributed by atoms with van der Waals surface area (Å²) in [4.78, 5) is 12.5. The van der Waals surface area contributed by atoms with E-state index in [-0.39, 0.29) is 11.9 Å². The number of aromatic nitrogens is 2. The minimum absolute atomic E-state index is 0.0995. The Labute approximate surface area is 172 Å². The molecule has 0 fully saturated rings. The molecule has 29 heavy (non-hydrogen) atoms. The Morgan fingerprint density at radius 2 is 1.86 bits per heavy atom. The highest BCUT2D eigenvalue weighted by molar-refractivity contribution is 7.90. The van der Waals surface area contributed by atoms with Crippen molar-refractivity contribution in [3.05, 3.63) is 53.7 Å². The van der Waals surface area contributed by atoms with Crippen molar-refractivity contribution in [1.29, 1.82) is 0 Å². The van der Waals surface area contributed by atoms with E-state index < -0.39 is 15.3 Å². The van der Waals surface area contributed by atoms with Gasteiger partial charge in [0.2, 0.25) is 0 Å². The number of carbonyl (C=O) groups excluding carboxylic acids is 1. The van der Waals surface area contributed by atoms with Gasteiger partial charge in [0.1, 0.15) is 0 Å². The lowest BCUT2D eigenvalue weighted by Gasteiger charge is -2.13. The second-order valence-corrected chi connectivity index (χ2v) is 9.99. The molecule has 0 aliphatic rings. The van der Waals surface area contributed by atoms with Crippen LogP contribution in [0.15, 0.2) is 42.6 Å². The highest BCUT2D eigenvalue weighted by Gasteiger charge is 2.22. The van der Waals surface area contributed by atoms with E-state index in [4.69, 9.17) is 0 Å². The summed E-state index contributed by atoms with van der Waals surface area (Å²) in [5.74, 6) is -0.0995. The van der Waals surface area contributed by atoms with E-state index in [1.807, 2.05) is 51.1 Å². The molecule has 7 heteroatoms. The number of carbonyl (C=O) groups is 1. The Balaban J connectivity index is 2.03. The van der Waals surface area contributed by atoms with Crippen LogP contribution in [0.2, 0.25) is 0 Å². The van der Waals surface area contributed by atoms with Gasteiger partial charge in [-0.05, 0) is 75.1 Å². The normalized spacial score (nSPS) is 13.0. The summed E-state index contributed by atoms with van der Waals surface area (Å²) in [5, 5.41) is 7.26. The van der Waals surface area contributed by atoms with Gasteiger partial charge in [0, 0.05) is 17.0 Å². The molecule has 1 atom stereocenters. The Kier molecular flexibility index (Phi) is 5.80. The first kappa shape index (κ1) is 21.0. The topological polar surface area (TPSA) is 81.1 Å². The fourth-order valence-corrected chi connectivity index (χ4v) is 4.08. The standard InChI is InChI=1S/C22H27N3O3S/c1-6-16(5)24-22(26)18-8-7-15(4)20(12-18)17-9-10-21-19(11-17)13-23-25(21)29(27,28)14(2)3/h7-14,16H,6H2,1-5H3,(H,24,26). The molecule has 3 rings (SSSR count). The Morgan fingerprint density at radius 1 is 1.14 bits per heavy atom. The molecule has 0 aliphatic heterocycles. The highest BCUT2D eigenvalue weighted by atomic mass is 32.2. The van der Waals surface area contributed by atoms with E-state index in [2.05, 4.69) is 10.4 Å². The predicted molar refractivity (Wildman–Crippen MR) is 117 cm³/mol. The van der Waals surface area contributed by atoms with Gasteiger partial charge in [-0.1, -0.05) is 19.1 Å². The second kappa shape index (κ2) is 7.99. The van der Waals surface area contributed by atoms with Crippen molar-refractivity contribution in [3.8, 4) is 11.1 Å². The predicted octanol–water partition coefficient (Wildman–Crippen LogP) is 4.13. The van der Waals surface area contributed by atoms with Crippen molar-refractivity contribution < 1.29 is 13.2 Å². The van der Waals surface area contributed by atoms with E-state index in [1.54, 1.807) is 26.1 Å². The SMILES string of the molecule is CCC(C)NC(=O)c1ccc(C)c(-c2ccc3c(cnn3S(=O)(=O)C(C)C)c2)c1. The minimum atomic E-state index is -3.53. The van der Waals surface area contributed by atoms with Gasteiger partial charge in [-0.15, -0.1) is 0 Å². The first-order valence-corrected chi connectivity index (χ1v) is 11.3. The summed E-state index contributed by atoms with van der Waals surface area (Å²) >= 11 is 0. The maximum absolute atomic E-state index is 12.5. The zero-order valence-electron chi connectivity index (χ0n) is 17.4. The van der Waals surface area contributed by atoms with Crippen LogP contribution >= 0.6 is 0 Å². The number of fused-ring (bicyclic) bond motifs is 1. The summed E-state index contributed by atoms with van der Waals surface area (Å²) in [7, 11) is -3.53. The Morgan fingerprint density at radius 3 is 2.52 bits per heavy atom. The van der Waals surface area contributed by atoms with E-state index in [9.17, 15) is 13.2 Å². The lowest BCUT2D eigenvalue weighted by Crippen LogP contribution is -2.31. The van der Waals surface area contributed by atoms with Gasteiger partial charge in [-0.2, -0.15) is 9.19 Å². The summed E-state index contributed by atoms with van der Waals surface area (Å²) in [6, 6.07) is 11.3. The number of benzene rings is 2. The summed E-state index contributed by atoms with van der Waals surface area (Å²) < 4.78 is 26.1. The van der Waals surface area contributed by atoms with Crippen LogP contribution in [-0.4, -0.2) is 34.8 Å². The van der Waals surface area contributed by atoms with Gasteiger partial charge in [0.15, 0.2) is 0 Å². The van der Waals surface area contributed by atoms with Crippen molar-refractivity contribution in [1.82, 2.24) is 14.5 Å². The molecule has 6 nitrogen and oxygen atoms in total. The molecule has 1 aromatic heterocycles. The second-order valence-electron chi connectivity index (χ2n) is 7.67. The number of nitrogens with one attached hydrogen (secondary N) is 1. The first-order chi connectivity index (χ1) is 13.6. The lowest BCUT2D eigenvalue weighted by molar-refractivity contribution is 0.0939. The van der Waals surface area contributed by atoms with E-state index in [0.29, 0.717) is 11.1 Å². The van der Waals surface area contributed by atoms with Crippen LogP contribution in [0.5, 0.6) is 0 Å². The molecule has 1 unspecified atom stereocenters. The zero-order valence-corrected chi connectivity index (χ0v) is 18.2. The van der Waals surface area contributed by atoms with Crippen molar-refractivity contribution >= 4 is 26.8 Å². The fourth-order valence-electron chi connectivity index (χ4n) is 3.06. The molecule has 0 saturated carbocycles. The van der Waals surface area contributed by atoms with Gasteiger partial charge in [-0.3, -0.25) is 4.79 Å². The third kappa shape index (κ3) is 4.05. The number of amides is 1. The third-order valence-corrected chi connectivity index (χ3v) is 7.14. The van der Waals surface area contributed by atoms with Crippen LogP contribution in [0.25, 0.3) is 22.0 Å².